The summed E-state index contributed by atoms with van der Waals surface area (Å²) in [5, 5.41) is 3.45. The van der Waals surface area contributed by atoms with E-state index in [1.807, 2.05) is 0 Å². The van der Waals surface area contributed by atoms with Gasteiger partial charge in [-0.3, -0.25) is 4.79 Å². The average Bonchev–Trinajstić information content (AvgIpc) is 2.89. The van der Waals surface area contributed by atoms with Gasteiger partial charge in [0.1, 0.15) is 0 Å². The summed E-state index contributed by atoms with van der Waals surface area (Å²) in [6.45, 7) is 6.02. The topological polar surface area (TPSA) is 32.3 Å². The zero-order valence-corrected chi connectivity index (χ0v) is 17.3. The smallest absolute Gasteiger partial charge is 0.228 e. The van der Waals surface area contributed by atoms with Crippen LogP contribution < -0.4 is 5.32 Å². The van der Waals surface area contributed by atoms with E-state index in [1.54, 1.807) is 0 Å². The normalized spacial score (nSPS) is 37.6. The number of hydrogen-bond donors (Lipinski definition) is 1. The van der Waals surface area contributed by atoms with Crippen LogP contribution in [0.4, 0.5) is 0 Å². The van der Waals surface area contributed by atoms with Crippen LogP contribution >= 0.6 is 12.4 Å². The minimum atomic E-state index is -0.0701. The molecule has 6 rings (SSSR count). The first-order chi connectivity index (χ1) is 12.6. The fourth-order valence-electron chi connectivity index (χ4n) is 7.14. The third kappa shape index (κ3) is 3.21. The van der Waals surface area contributed by atoms with Crippen molar-refractivity contribution < 1.29 is 4.79 Å². The van der Waals surface area contributed by atoms with Gasteiger partial charge in [-0.25, -0.2) is 0 Å². The molecule has 1 aromatic carbocycles. The van der Waals surface area contributed by atoms with Crippen molar-refractivity contribution in [2.24, 2.45) is 17.3 Å². The predicted molar refractivity (Wildman–Crippen MR) is 111 cm³/mol. The zero-order chi connectivity index (χ0) is 17.8. The minimum Gasteiger partial charge on any atom is -0.341 e. The first-order valence-electron chi connectivity index (χ1n) is 10.7. The molecule has 4 bridgehead atoms. The number of rotatable bonds is 2. The molecule has 1 aromatic rings. The van der Waals surface area contributed by atoms with Gasteiger partial charge < -0.3 is 10.2 Å². The fourth-order valence-corrected chi connectivity index (χ4v) is 7.14. The van der Waals surface area contributed by atoms with E-state index in [4.69, 9.17) is 0 Å². The summed E-state index contributed by atoms with van der Waals surface area (Å²) in [4.78, 5) is 15.9. The van der Waals surface area contributed by atoms with Crippen LogP contribution in [0, 0.1) is 24.2 Å². The zero-order valence-electron chi connectivity index (χ0n) is 16.5. The summed E-state index contributed by atoms with van der Waals surface area (Å²) in [6.07, 6.45) is 8.48. The van der Waals surface area contributed by atoms with Crippen molar-refractivity contribution in [2.75, 3.05) is 26.2 Å². The molecule has 4 saturated carbocycles. The lowest BCUT2D eigenvalue weighted by Crippen LogP contribution is -2.59. The molecule has 1 amide bonds. The van der Waals surface area contributed by atoms with E-state index < -0.39 is 0 Å². The summed E-state index contributed by atoms with van der Waals surface area (Å²) < 4.78 is 0. The van der Waals surface area contributed by atoms with Crippen molar-refractivity contribution in [3.05, 3.63) is 35.4 Å². The average molecular weight is 389 g/mol. The second-order valence-corrected chi connectivity index (χ2v) is 9.78. The maximum Gasteiger partial charge on any atom is 0.228 e. The van der Waals surface area contributed by atoms with Crippen LogP contribution in [0.5, 0.6) is 0 Å². The van der Waals surface area contributed by atoms with E-state index >= 15 is 0 Å². The van der Waals surface area contributed by atoms with Gasteiger partial charge in [0.15, 0.2) is 0 Å². The van der Waals surface area contributed by atoms with Crippen LogP contribution in [0.3, 0.4) is 0 Å². The molecule has 5 aliphatic rings. The van der Waals surface area contributed by atoms with Crippen molar-refractivity contribution in [1.29, 1.82) is 0 Å². The summed E-state index contributed by atoms with van der Waals surface area (Å²) in [7, 11) is 0. The largest absolute Gasteiger partial charge is 0.341 e. The Morgan fingerprint density at radius 2 is 1.74 bits per heavy atom. The lowest BCUT2D eigenvalue weighted by Gasteiger charge is -2.62. The summed E-state index contributed by atoms with van der Waals surface area (Å²) in [5.41, 5.74) is 3.03. The molecule has 2 unspecified atom stereocenters. The first kappa shape index (κ1) is 19.3. The third-order valence-electron chi connectivity index (χ3n) is 7.81. The van der Waals surface area contributed by atoms with Gasteiger partial charge in [-0.15, -0.1) is 12.4 Å². The lowest BCUT2D eigenvalue weighted by atomic mass is 9.42. The van der Waals surface area contributed by atoms with Crippen molar-refractivity contribution in [2.45, 2.75) is 57.3 Å². The Morgan fingerprint density at radius 3 is 2.44 bits per heavy atom. The highest BCUT2D eigenvalue weighted by Crippen LogP contribution is 2.66. The van der Waals surface area contributed by atoms with Crippen molar-refractivity contribution in [3.8, 4) is 0 Å². The number of halogens is 1. The number of carbonyl (C=O) groups is 1. The second-order valence-electron chi connectivity index (χ2n) is 9.78. The number of benzene rings is 1. The molecular weight excluding hydrogens is 356 g/mol. The Kier molecular flexibility index (Phi) is 5.05. The van der Waals surface area contributed by atoms with Crippen LogP contribution in [-0.4, -0.2) is 37.0 Å². The number of hydrogen-bond acceptors (Lipinski definition) is 2. The highest BCUT2D eigenvalue weighted by molar-refractivity contribution is 5.85. The highest BCUT2D eigenvalue weighted by Gasteiger charge is 2.61. The van der Waals surface area contributed by atoms with Gasteiger partial charge >= 0.3 is 0 Å². The van der Waals surface area contributed by atoms with Gasteiger partial charge in [0.25, 0.3) is 0 Å². The molecule has 27 heavy (non-hydrogen) atoms. The molecular formula is C23H33ClN2O. The molecule has 148 valence electrons. The Hall–Kier alpha value is -1.06. The summed E-state index contributed by atoms with van der Waals surface area (Å²) >= 11 is 0. The van der Waals surface area contributed by atoms with E-state index in [0.717, 1.165) is 63.7 Å². The number of carbonyl (C=O) groups excluding carboxylic acids is 1. The van der Waals surface area contributed by atoms with Crippen LogP contribution in [0.25, 0.3) is 0 Å². The molecule has 5 fully saturated rings. The summed E-state index contributed by atoms with van der Waals surface area (Å²) in [6, 6.07) is 9.25. The van der Waals surface area contributed by atoms with Gasteiger partial charge in [0.2, 0.25) is 5.91 Å². The molecule has 0 radical (unpaired) electrons. The van der Waals surface area contributed by atoms with E-state index in [0.29, 0.717) is 5.91 Å². The van der Waals surface area contributed by atoms with Gasteiger partial charge in [0, 0.05) is 19.6 Å². The molecule has 1 N–H and O–H groups in total. The Bertz CT molecular complexity index is 679. The fraction of sp³-hybridized carbons (Fsp3) is 0.696. The van der Waals surface area contributed by atoms with E-state index in [9.17, 15) is 4.79 Å². The molecule has 2 atom stereocenters. The second kappa shape index (κ2) is 7.08. The Labute approximate surface area is 169 Å². The van der Waals surface area contributed by atoms with Crippen LogP contribution in [0.15, 0.2) is 24.3 Å². The van der Waals surface area contributed by atoms with E-state index in [-0.39, 0.29) is 23.2 Å². The van der Waals surface area contributed by atoms with E-state index in [1.165, 1.54) is 30.4 Å². The highest BCUT2D eigenvalue weighted by atomic mass is 35.5. The van der Waals surface area contributed by atoms with E-state index in [2.05, 4.69) is 41.4 Å². The van der Waals surface area contributed by atoms with Crippen LogP contribution in [0.1, 0.15) is 56.1 Å². The molecule has 0 aromatic heterocycles. The third-order valence-corrected chi connectivity index (χ3v) is 7.81. The number of aryl methyl sites for hydroxylation is 1. The first-order valence-corrected chi connectivity index (χ1v) is 10.7. The SMILES string of the molecule is Cc1ccc(C23CC4CC(CC(C(=O)N5CCCNCC5)(C4)C2)C3)cc1.Cl. The number of amides is 1. The quantitative estimate of drug-likeness (QED) is 0.827. The molecule has 1 heterocycles. The lowest BCUT2D eigenvalue weighted by molar-refractivity contribution is -0.160. The number of nitrogens with one attached hydrogen (secondary N) is 1. The van der Waals surface area contributed by atoms with Crippen LogP contribution in [-0.2, 0) is 10.2 Å². The molecule has 1 aliphatic heterocycles. The van der Waals surface area contributed by atoms with Crippen LogP contribution in [0.2, 0.25) is 0 Å². The van der Waals surface area contributed by atoms with Crippen molar-refractivity contribution >= 4 is 18.3 Å². The van der Waals surface area contributed by atoms with Gasteiger partial charge in [-0.2, -0.15) is 0 Å². The molecule has 1 saturated heterocycles. The molecule has 4 heteroatoms. The maximum atomic E-state index is 13.7. The number of nitrogens with zero attached hydrogens (tertiary/aromatic N) is 1. The Balaban J connectivity index is 0.00000180. The molecule has 4 aliphatic carbocycles. The monoisotopic (exact) mass is 388 g/mol. The predicted octanol–water partition coefficient (Wildman–Crippen LogP) is 4.08. The maximum absolute atomic E-state index is 13.7. The van der Waals surface area contributed by atoms with Gasteiger partial charge in [-0.1, -0.05) is 29.8 Å². The molecule has 3 nitrogen and oxygen atoms in total. The van der Waals surface area contributed by atoms with Crippen molar-refractivity contribution in [3.63, 3.8) is 0 Å². The summed E-state index contributed by atoms with van der Waals surface area (Å²) in [5.74, 6) is 2.00. The van der Waals surface area contributed by atoms with Gasteiger partial charge in [-0.05, 0) is 81.2 Å². The Morgan fingerprint density at radius 1 is 1.04 bits per heavy atom. The van der Waals surface area contributed by atoms with Gasteiger partial charge in [0.05, 0.1) is 5.41 Å². The van der Waals surface area contributed by atoms with Crippen molar-refractivity contribution in [1.82, 2.24) is 10.2 Å². The minimum absolute atomic E-state index is 0. The standard InChI is InChI=1S/C23H32N2O.ClH/c1-17-3-5-20(6-4-17)22-12-18-11-19(13-22)15-23(14-18,16-22)21(26)25-9-2-7-24-8-10-25;/h3-6,18-19,24H,2,7-16H2,1H3;1H. The molecule has 0 spiro atoms.